The van der Waals surface area contributed by atoms with Crippen molar-refractivity contribution >= 4 is 11.0 Å². The lowest BCUT2D eigenvalue weighted by molar-refractivity contribution is 0.172. The van der Waals surface area contributed by atoms with Gasteiger partial charge in [-0.05, 0) is 6.07 Å². The molecular weight excluding hydrogens is 210 g/mol. The molecular formula is C11H11NO4. The average Bonchev–Trinajstić information content (AvgIpc) is 2.70. The summed E-state index contributed by atoms with van der Waals surface area (Å²) >= 11 is 0. The van der Waals surface area contributed by atoms with Gasteiger partial charge in [0.05, 0.1) is 5.69 Å². The summed E-state index contributed by atoms with van der Waals surface area (Å²) in [5.41, 5.74) is 1.40. The quantitative estimate of drug-likeness (QED) is 0.823. The molecule has 3 rings (SSSR count). The predicted molar refractivity (Wildman–Crippen MR) is 55.8 cm³/mol. The zero-order valence-electron chi connectivity index (χ0n) is 8.60. The van der Waals surface area contributed by atoms with Gasteiger partial charge in [0.15, 0.2) is 17.1 Å². The Hall–Kier alpha value is -1.75. The second-order valence-corrected chi connectivity index (χ2v) is 3.59. The first kappa shape index (κ1) is 9.47. The maximum absolute atomic E-state index is 8.90. The Kier molecular flexibility index (Phi) is 2.18. The van der Waals surface area contributed by atoms with Crippen LogP contribution < -0.4 is 9.47 Å². The summed E-state index contributed by atoms with van der Waals surface area (Å²) in [4.78, 5) is 0. The molecule has 84 valence electrons. The molecule has 0 amide bonds. The molecule has 0 radical (unpaired) electrons. The molecule has 16 heavy (non-hydrogen) atoms. The number of hydrogen-bond donors (Lipinski definition) is 1. The summed E-state index contributed by atoms with van der Waals surface area (Å²) in [5.74, 6) is 1.39. The molecule has 0 atom stereocenters. The summed E-state index contributed by atoms with van der Waals surface area (Å²) < 4.78 is 16.1. The van der Waals surface area contributed by atoms with Crippen molar-refractivity contribution < 1.29 is 19.1 Å². The fourth-order valence-corrected chi connectivity index (χ4v) is 1.81. The Morgan fingerprint density at radius 3 is 2.69 bits per heavy atom. The average molecular weight is 221 g/mol. The lowest BCUT2D eigenvalue weighted by atomic mass is 10.1. The Bertz CT molecular complexity index is 520. The molecule has 1 aliphatic heterocycles. The van der Waals surface area contributed by atoms with Crippen LogP contribution in [0.1, 0.15) is 5.69 Å². The fraction of sp³-hybridized carbons (Fsp3) is 0.364. The molecule has 0 unspecified atom stereocenters. The molecule has 0 saturated carbocycles. The van der Waals surface area contributed by atoms with Gasteiger partial charge in [0.25, 0.3) is 0 Å². The fourth-order valence-electron chi connectivity index (χ4n) is 1.81. The molecule has 0 spiro atoms. The highest BCUT2D eigenvalue weighted by Gasteiger charge is 2.17. The summed E-state index contributed by atoms with van der Waals surface area (Å²) in [7, 11) is 0. The maximum atomic E-state index is 8.90. The zero-order chi connectivity index (χ0) is 11.0. The van der Waals surface area contributed by atoms with E-state index in [4.69, 9.17) is 19.1 Å². The minimum absolute atomic E-state index is 0.0517. The minimum atomic E-state index is 0.0517. The maximum Gasteiger partial charge on any atom is 0.171 e. The SMILES string of the molecule is OCCc1noc2cc3c(cc12)OCCO3. The molecule has 0 fully saturated rings. The first-order valence-corrected chi connectivity index (χ1v) is 5.17. The number of ether oxygens (including phenoxy) is 2. The number of benzene rings is 1. The van der Waals surface area contributed by atoms with Crippen molar-refractivity contribution in [2.45, 2.75) is 6.42 Å². The van der Waals surface area contributed by atoms with Crippen LogP contribution in [0.15, 0.2) is 16.7 Å². The van der Waals surface area contributed by atoms with Crippen LogP contribution in [-0.2, 0) is 6.42 Å². The number of aromatic nitrogens is 1. The Labute approximate surface area is 91.6 Å². The van der Waals surface area contributed by atoms with Crippen molar-refractivity contribution in [3.05, 3.63) is 17.8 Å². The number of rotatable bonds is 2. The molecule has 5 nitrogen and oxygen atoms in total. The van der Waals surface area contributed by atoms with Crippen molar-refractivity contribution in [3.63, 3.8) is 0 Å². The van der Waals surface area contributed by atoms with E-state index in [1.165, 1.54) is 0 Å². The van der Waals surface area contributed by atoms with E-state index in [1.54, 1.807) is 6.07 Å². The van der Waals surface area contributed by atoms with Crippen LogP contribution in [0.25, 0.3) is 11.0 Å². The number of aliphatic hydroxyl groups is 1. The van der Waals surface area contributed by atoms with Gasteiger partial charge in [0, 0.05) is 24.5 Å². The topological polar surface area (TPSA) is 64.7 Å². The van der Waals surface area contributed by atoms with Gasteiger partial charge in [-0.1, -0.05) is 5.16 Å². The first-order valence-electron chi connectivity index (χ1n) is 5.17. The van der Waals surface area contributed by atoms with Gasteiger partial charge >= 0.3 is 0 Å². The summed E-state index contributed by atoms with van der Waals surface area (Å²) in [5, 5.41) is 13.7. The third-order valence-corrected chi connectivity index (χ3v) is 2.56. The summed E-state index contributed by atoms with van der Waals surface area (Å²) in [6.45, 7) is 1.16. The van der Waals surface area contributed by atoms with Crippen molar-refractivity contribution in [3.8, 4) is 11.5 Å². The van der Waals surface area contributed by atoms with E-state index in [0.717, 1.165) is 11.1 Å². The largest absolute Gasteiger partial charge is 0.486 e. The van der Waals surface area contributed by atoms with E-state index in [2.05, 4.69) is 5.16 Å². The van der Waals surface area contributed by atoms with Crippen LogP contribution >= 0.6 is 0 Å². The second-order valence-electron chi connectivity index (χ2n) is 3.59. The Morgan fingerprint density at radius 2 is 1.94 bits per heavy atom. The monoisotopic (exact) mass is 221 g/mol. The first-order chi connectivity index (χ1) is 7.88. The molecule has 0 saturated heterocycles. The number of aliphatic hydroxyl groups excluding tert-OH is 1. The minimum Gasteiger partial charge on any atom is -0.486 e. The molecule has 5 heteroatoms. The molecule has 1 aromatic heterocycles. The normalized spacial score (nSPS) is 14.3. The Balaban J connectivity index is 2.14. The molecule has 2 aromatic rings. The van der Waals surface area contributed by atoms with Crippen LogP contribution in [0.2, 0.25) is 0 Å². The van der Waals surface area contributed by atoms with Crippen molar-refractivity contribution in [1.29, 1.82) is 0 Å². The van der Waals surface area contributed by atoms with E-state index >= 15 is 0 Å². The molecule has 1 aliphatic rings. The third-order valence-electron chi connectivity index (χ3n) is 2.56. The third kappa shape index (κ3) is 1.40. The smallest absolute Gasteiger partial charge is 0.171 e. The molecule has 0 aliphatic carbocycles. The van der Waals surface area contributed by atoms with Gasteiger partial charge in [0.1, 0.15) is 13.2 Å². The summed E-state index contributed by atoms with van der Waals surface area (Å²) in [6.07, 6.45) is 0.479. The zero-order valence-corrected chi connectivity index (χ0v) is 8.60. The van der Waals surface area contributed by atoms with Crippen molar-refractivity contribution in [1.82, 2.24) is 5.16 Å². The lowest BCUT2D eigenvalue weighted by Gasteiger charge is -2.17. The standard InChI is InChI=1S/C11H11NO4/c13-2-1-8-7-5-10-11(15-4-3-14-10)6-9(7)16-12-8/h5-6,13H,1-4H2. The van der Waals surface area contributed by atoms with Crippen LogP contribution in [0.5, 0.6) is 11.5 Å². The van der Waals surface area contributed by atoms with Gasteiger partial charge < -0.3 is 19.1 Å². The van der Waals surface area contributed by atoms with E-state index < -0.39 is 0 Å². The van der Waals surface area contributed by atoms with Crippen LogP contribution in [0, 0.1) is 0 Å². The molecule has 0 bridgehead atoms. The van der Waals surface area contributed by atoms with Gasteiger partial charge in [-0.25, -0.2) is 0 Å². The molecule has 2 heterocycles. The number of nitrogens with zero attached hydrogens (tertiary/aromatic N) is 1. The lowest BCUT2D eigenvalue weighted by Crippen LogP contribution is -2.15. The van der Waals surface area contributed by atoms with Gasteiger partial charge in [-0.15, -0.1) is 0 Å². The van der Waals surface area contributed by atoms with Crippen molar-refractivity contribution in [2.24, 2.45) is 0 Å². The highest BCUT2D eigenvalue weighted by Crippen LogP contribution is 2.35. The van der Waals surface area contributed by atoms with Crippen LogP contribution in [0.4, 0.5) is 0 Å². The van der Waals surface area contributed by atoms with Gasteiger partial charge in [-0.2, -0.15) is 0 Å². The van der Waals surface area contributed by atoms with E-state index in [9.17, 15) is 0 Å². The number of hydrogen-bond acceptors (Lipinski definition) is 5. The molecule has 1 N–H and O–H groups in total. The molecule has 1 aromatic carbocycles. The highest BCUT2D eigenvalue weighted by atomic mass is 16.6. The van der Waals surface area contributed by atoms with E-state index in [1.807, 2.05) is 6.07 Å². The summed E-state index contributed by atoms with van der Waals surface area (Å²) in [6, 6.07) is 3.63. The Morgan fingerprint density at radius 1 is 1.19 bits per heavy atom. The van der Waals surface area contributed by atoms with Crippen LogP contribution in [0.3, 0.4) is 0 Å². The number of fused-ring (bicyclic) bond motifs is 2. The van der Waals surface area contributed by atoms with Crippen LogP contribution in [-0.4, -0.2) is 30.1 Å². The van der Waals surface area contributed by atoms with Crippen molar-refractivity contribution in [2.75, 3.05) is 19.8 Å². The second kappa shape index (κ2) is 3.68. The van der Waals surface area contributed by atoms with Gasteiger partial charge in [-0.3, -0.25) is 0 Å². The highest BCUT2D eigenvalue weighted by molar-refractivity contribution is 5.83. The van der Waals surface area contributed by atoms with E-state index in [0.29, 0.717) is 36.7 Å². The van der Waals surface area contributed by atoms with Gasteiger partial charge in [0.2, 0.25) is 0 Å². The van der Waals surface area contributed by atoms with E-state index in [-0.39, 0.29) is 6.61 Å². The predicted octanol–water partition coefficient (Wildman–Crippen LogP) is 1.13.